The molecule has 0 fully saturated rings. The van der Waals surface area contributed by atoms with Crippen LogP contribution in [0.25, 0.3) is 21.5 Å². The van der Waals surface area contributed by atoms with Crippen molar-refractivity contribution in [1.29, 1.82) is 0 Å². The van der Waals surface area contributed by atoms with Crippen molar-refractivity contribution in [2.24, 2.45) is 30.0 Å². The number of rotatable bonds is 14. The number of para-hydroxylation sites is 4. The number of amidine groups is 4. The van der Waals surface area contributed by atoms with E-state index in [0.29, 0.717) is 0 Å². The zero-order valence-corrected chi connectivity index (χ0v) is 53.1. The molecular formula is C62H46N14O12S4Si-2. The van der Waals surface area contributed by atoms with Crippen LogP contribution in [0.1, 0.15) is 22.3 Å². The Balaban J connectivity index is 1.19. The minimum Gasteiger partial charge on any atom is -0.755 e. The number of carbonyl (C=O) groups is 2. The van der Waals surface area contributed by atoms with Gasteiger partial charge in [-0.15, -0.1) is 0 Å². The van der Waals surface area contributed by atoms with Crippen LogP contribution in [0.4, 0.5) is 55.3 Å². The Morgan fingerprint density at radius 1 is 0.430 bits per heavy atom. The second kappa shape index (κ2) is 22.8. The lowest BCUT2D eigenvalue weighted by Gasteiger charge is -2.33. The summed E-state index contributed by atoms with van der Waals surface area (Å²) in [5.74, 6) is -1.12. The van der Waals surface area contributed by atoms with Crippen LogP contribution in [-0.2, 0) is 51.4 Å². The van der Waals surface area contributed by atoms with Crippen molar-refractivity contribution in [1.82, 2.24) is 18.3 Å². The van der Waals surface area contributed by atoms with Crippen LogP contribution >= 0.6 is 0 Å². The quantitative estimate of drug-likeness (QED) is 0.0768. The molecule has 8 aromatic carbocycles. The molecule has 4 aliphatic rings. The Bertz CT molecular complexity index is 5380. The number of hydrogen-bond acceptors (Lipinski definition) is 18. The lowest BCUT2D eigenvalue weighted by molar-refractivity contribution is 0.124. The van der Waals surface area contributed by atoms with Crippen LogP contribution in [0.3, 0.4) is 0 Å². The molecule has 2 unspecified atom stereocenters. The van der Waals surface area contributed by atoms with Gasteiger partial charge in [-0.25, -0.2) is 56.4 Å². The molecule has 2 N–H and O–H groups in total. The maximum atomic E-state index is 15.2. The van der Waals surface area contributed by atoms with Gasteiger partial charge in [-0.3, -0.25) is 34.9 Å². The second-order valence-electron chi connectivity index (χ2n) is 21.5. The third kappa shape index (κ3) is 10.4. The smallest absolute Gasteiger partial charge is 0.744 e. The van der Waals surface area contributed by atoms with E-state index < -0.39 is 63.7 Å². The van der Waals surface area contributed by atoms with E-state index in [4.69, 9.17) is 38.8 Å². The fourth-order valence-corrected chi connectivity index (χ4v) is 17.5. The number of sulfonamides is 2. The lowest BCUT2D eigenvalue weighted by atomic mass is 10.1. The van der Waals surface area contributed by atoms with Gasteiger partial charge in [-0.2, -0.15) is 0 Å². The van der Waals surface area contributed by atoms with Crippen LogP contribution in [0.15, 0.2) is 234 Å². The van der Waals surface area contributed by atoms with Gasteiger partial charge in [0.1, 0.15) is 22.6 Å². The minimum atomic E-state index is -5.85. The molecule has 93 heavy (non-hydrogen) atoms. The zero-order valence-electron chi connectivity index (χ0n) is 48.9. The molecule has 10 aromatic rings. The molecule has 0 spiro atoms. The molecule has 26 nitrogen and oxygen atoms in total. The molecule has 0 aliphatic carbocycles. The SMILES string of the molecule is CN(C)C(=O)O[Si]1(OC(=O)N(C)C)n2c3c4cc(S(=O)(=O)Nc5ccccc5)ccc4c2N=C2N=C(N=c4c5cc(N(c6ccccc6)S(=O)[O-])ccc5c(n41)=NC1=NC(=N3)c3ccc(N(c4ccccc4)S(=O)[O-])cc31)c1ccc(S(=O)(=O)Nc3ccccc3)cc12. The third-order valence-electron chi connectivity index (χ3n) is 15.2. The average molecular weight is 1340 g/mol. The fraction of sp³-hybridized carbons (Fsp3) is 0.0645. The first-order valence-electron chi connectivity index (χ1n) is 28.0. The van der Waals surface area contributed by atoms with E-state index >= 15 is 9.59 Å². The van der Waals surface area contributed by atoms with Gasteiger partial charge in [0.2, 0.25) is 0 Å². The monoisotopic (exact) mass is 1330 g/mol. The number of nitrogens with one attached hydrogen (secondary N) is 2. The molecule has 0 radical (unpaired) electrons. The highest BCUT2D eigenvalue weighted by Crippen LogP contribution is 2.46. The average Bonchev–Trinajstić information content (AvgIpc) is 1.54. The van der Waals surface area contributed by atoms with Gasteiger partial charge in [0.05, 0.1) is 55.1 Å². The summed E-state index contributed by atoms with van der Waals surface area (Å²) >= 11 is -5.92. The first kappa shape index (κ1) is 59.8. The van der Waals surface area contributed by atoms with Gasteiger partial charge in [-0.05, 0) is 121 Å². The van der Waals surface area contributed by atoms with Crippen molar-refractivity contribution < 1.29 is 52.8 Å². The maximum Gasteiger partial charge on any atom is 0.744 e. The van der Waals surface area contributed by atoms with E-state index in [2.05, 4.69) is 9.44 Å². The van der Waals surface area contributed by atoms with E-state index in [1.807, 2.05) is 0 Å². The summed E-state index contributed by atoms with van der Waals surface area (Å²) in [6, 6.07) is 50.0. The van der Waals surface area contributed by atoms with E-state index in [1.54, 1.807) is 127 Å². The Hall–Kier alpha value is -10.8. The second-order valence-corrected chi connectivity index (χ2v) is 28.9. The highest BCUT2D eigenvalue weighted by atomic mass is 32.2. The molecule has 6 heterocycles. The number of anilines is 6. The predicted octanol–water partition coefficient (Wildman–Crippen LogP) is 8.23. The first-order valence-corrected chi connectivity index (χ1v) is 34.7. The molecule has 2 amide bonds. The summed E-state index contributed by atoms with van der Waals surface area (Å²) in [4.78, 5) is 63.3. The van der Waals surface area contributed by atoms with E-state index in [-0.39, 0.29) is 134 Å². The van der Waals surface area contributed by atoms with E-state index in [9.17, 15) is 34.4 Å². The summed E-state index contributed by atoms with van der Waals surface area (Å²) < 4.78 is 136. The van der Waals surface area contributed by atoms with Gasteiger partial charge in [0, 0.05) is 83.4 Å². The van der Waals surface area contributed by atoms with Crippen molar-refractivity contribution in [3.05, 3.63) is 227 Å². The number of hydrogen-bond donors (Lipinski definition) is 2. The molecule has 31 heteroatoms. The lowest BCUT2D eigenvalue weighted by Crippen LogP contribution is -2.66. The molecule has 6 bridgehead atoms. The van der Waals surface area contributed by atoms with Crippen LogP contribution in [-0.4, -0.2) is 125 Å². The zero-order chi connectivity index (χ0) is 64.8. The molecule has 14 rings (SSSR count). The summed E-state index contributed by atoms with van der Waals surface area (Å²) in [5, 5.41) is 0.225. The normalized spacial score (nSPS) is 14.7. The number of carbonyl (C=O) groups excluding carboxylic acids is 2. The van der Waals surface area contributed by atoms with Crippen molar-refractivity contribution in [2.45, 2.75) is 9.79 Å². The van der Waals surface area contributed by atoms with Gasteiger partial charge < -0.3 is 27.8 Å². The van der Waals surface area contributed by atoms with Gasteiger partial charge in [0.15, 0.2) is 23.3 Å². The number of aliphatic imine (C=N–C) groups is 4. The predicted molar refractivity (Wildman–Crippen MR) is 351 cm³/mol. The Morgan fingerprint density at radius 2 is 0.839 bits per heavy atom. The van der Waals surface area contributed by atoms with Gasteiger partial charge in [-0.1, -0.05) is 72.8 Å². The third-order valence-corrected chi connectivity index (χ3v) is 22.2. The van der Waals surface area contributed by atoms with E-state index in [1.165, 1.54) is 103 Å². The number of fused-ring (bicyclic) bond motifs is 14. The molecule has 466 valence electrons. The molecule has 0 saturated carbocycles. The number of nitrogens with zero attached hydrogens (tertiary/aromatic N) is 12. The Morgan fingerprint density at radius 3 is 1.37 bits per heavy atom. The van der Waals surface area contributed by atoms with Crippen LogP contribution < -0.4 is 29.0 Å². The molecule has 2 aromatic heterocycles. The van der Waals surface area contributed by atoms with Crippen LogP contribution in [0, 0.1) is 0 Å². The summed E-state index contributed by atoms with van der Waals surface area (Å²) in [6.45, 7) is 0. The van der Waals surface area contributed by atoms with Crippen molar-refractivity contribution >= 4 is 154 Å². The van der Waals surface area contributed by atoms with Crippen molar-refractivity contribution in [2.75, 3.05) is 46.2 Å². The Kier molecular flexibility index (Phi) is 14.7. The molecule has 0 saturated heterocycles. The topological polar surface area (TPSA) is 322 Å². The maximum absolute atomic E-state index is 15.2. The minimum absolute atomic E-state index is 0.0340. The molecular weight excluding hydrogens is 1290 g/mol. The van der Waals surface area contributed by atoms with Crippen molar-refractivity contribution in [3.63, 3.8) is 0 Å². The summed E-state index contributed by atoms with van der Waals surface area (Å²) in [5.41, 5.74) is 1.42. The highest BCUT2D eigenvalue weighted by Gasteiger charge is 2.60. The van der Waals surface area contributed by atoms with Crippen LogP contribution in [0.2, 0.25) is 0 Å². The fourth-order valence-electron chi connectivity index (χ4n) is 11.0. The van der Waals surface area contributed by atoms with Crippen molar-refractivity contribution in [3.8, 4) is 0 Å². The number of benzene rings is 8. The Labute approximate surface area is 535 Å². The van der Waals surface area contributed by atoms with Gasteiger partial charge in [0.25, 0.3) is 20.0 Å². The largest absolute Gasteiger partial charge is 0.755 e. The molecule has 4 aliphatic heterocycles. The standard InChI is InChI=1S/C62H48N14O12S4Si/c1-71(2)61(77)87-93(88-62(78)72(3)4)75-57-47-30-26-42(74(90(81)82)40-23-15-8-16-24-40)34-51(47)59(75)65-54-46-31-27-43(91(83,84)69-37-17-9-5-10-18-37)35-50(46)56(64-54)68-58-48-32-28-44(92(85,86)70-38-19-11-6-12-20-38)36-52(48)60(76(58)93)66-53-45-29-25-41(33-49(45)55(63-53)67-57)73(89(79)80)39-21-13-7-14-22-39/h5-36,69-70H,1-4H3,(H,79,80)(H,81,82)/p-2. The number of amides is 2. The van der Waals surface area contributed by atoms with Gasteiger partial charge >= 0.3 is 21.1 Å². The summed E-state index contributed by atoms with van der Waals surface area (Å²) in [6.07, 6.45) is -2.24. The van der Waals surface area contributed by atoms with E-state index in [0.717, 1.165) is 18.4 Å². The first-order chi connectivity index (χ1) is 44.7. The molecule has 2 atom stereocenters. The highest BCUT2D eigenvalue weighted by molar-refractivity contribution is 7.93. The summed E-state index contributed by atoms with van der Waals surface area (Å²) in [7, 11) is -9.22. The number of aromatic nitrogens is 2. The van der Waals surface area contributed by atoms with Crippen LogP contribution in [0.5, 0.6) is 0 Å².